The highest BCUT2D eigenvalue weighted by Gasteiger charge is 2.30. The smallest absolute Gasteiger partial charge is 0.346 e. The molecule has 0 aliphatic heterocycles. The van der Waals surface area contributed by atoms with Crippen LogP contribution in [-0.4, -0.2) is 25.2 Å². The molecule has 35 heavy (non-hydrogen) atoms. The normalized spacial score (nSPS) is 11.3. The minimum absolute atomic E-state index is 0.0475. The van der Waals surface area contributed by atoms with Gasteiger partial charge in [0.05, 0.1) is 17.8 Å². The second-order valence-electron chi connectivity index (χ2n) is 7.51. The Morgan fingerprint density at radius 3 is 2.37 bits per heavy atom. The lowest BCUT2D eigenvalue weighted by Gasteiger charge is -2.13. The number of halogens is 3. The fourth-order valence-electron chi connectivity index (χ4n) is 3.33. The van der Waals surface area contributed by atoms with E-state index in [0.29, 0.717) is 10.1 Å². The van der Waals surface area contributed by atoms with Gasteiger partial charge in [-0.15, -0.1) is 0 Å². The van der Waals surface area contributed by atoms with Crippen LogP contribution in [0.3, 0.4) is 0 Å². The highest BCUT2D eigenvalue weighted by molar-refractivity contribution is 5.91. The Bertz CT molecular complexity index is 1470. The first-order valence-electron chi connectivity index (χ1n) is 10.4. The molecule has 0 fully saturated rings. The van der Waals surface area contributed by atoms with Crippen LogP contribution < -0.4 is 16.6 Å². The van der Waals surface area contributed by atoms with Crippen LogP contribution in [-0.2, 0) is 19.3 Å². The van der Waals surface area contributed by atoms with Crippen molar-refractivity contribution in [1.82, 2.24) is 24.6 Å². The Labute approximate surface area is 196 Å². The van der Waals surface area contributed by atoms with Gasteiger partial charge in [-0.25, -0.2) is 4.79 Å². The maximum atomic E-state index is 13.1. The predicted molar refractivity (Wildman–Crippen MR) is 120 cm³/mol. The van der Waals surface area contributed by atoms with Gasteiger partial charge in [0.25, 0.3) is 11.5 Å². The average Bonchev–Trinajstić information content (AvgIpc) is 2.86. The summed E-state index contributed by atoms with van der Waals surface area (Å²) >= 11 is 0. The van der Waals surface area contributed by atoms with E-state index < -0.39 is 41.1 Å². The number of hydrogen-bond acceptors (Lipinski definition) is 5. The van der Waals surface area contributed by atoms with E-state index in [1.807, 2.05) is 0 Å². The number of aromatic nitrogens is 4. The Hall–Kier alpha value is -4.54. The molecule has 0 radical (unpaired) electrons. The molecule has 8 nitrogen and oxygen atoms in total. The monoisotopic (exact) mass is 481 g/mol. The maximum absolute atomic E-state index is 13.1. The molecule has 4 rings (SSSR count). The molecule has 0 atom stereocenters. The van der Waals surface area contributed by atoms with Crippen molar-refractivity contribution in [2.75, 3.05) is 0 Å². The van der Waals surface area contributed by atoms with E-state index in [1.54, 1.807) is 48.7 Å². The number of rotatable bonds is 6. The van der Waals surface area contributed by atoms with Crippen molar-refractivity contribution < 1.29 is 18.0 Å². The summed E-state index contributed by atoms with van der Waals surface area (Å²) < 4.78 is 41.0. The highest BCUT2D eigenvalue weighted by Crippen LogP contribution is 2.29. The molecule has 2 aromatic heterocycles. The number of carbonyl (C=O) groups is 1. The number of para-hydroxylation sites is 1. The molecule has 0 aliphatic rings. The second kappa shape index (κ2) is 9.75. The van der Waals surface area contributed by atoms with Gasteiger partial charge >= 0.3 is 11.9 Å². The van der Waals surface area contributed by atoms with Crippen LogP contribution in [0.4, 0.5) is 13.2 Å². The molecule has 11 heteroatoms. The van der Waals surface area contributed by atoms with Gasteiger partial charge in [-0.05, 0) is 41.5 Å². The molecular formula is C24H18F3N5O3. The molecule has 1 amide bonds. The lowest BCUT2D eigenvalue weighted by atomic mass is 10.1. The van der Waals surface area contributed by atoms with Gasteiger partial charge in [-0.1, -0.05) is 36.4 Å². The average molecular weight is 481 g/mol. The highest BCUT2D eigenvalue weighted by atomic mass is 19.4. The topological polar surface area (TPSA) is 98.9 Å². The number of pyridine rings is 1. The van der Waals surface area contributed by atoms with Crippen LogP contribution in [0.1, 0.15) is 27.2 Å². The number of amides is 1. The van der Waals surface area contributed by atoms with Crippen LogP contribution in [0.5, 0.6) is 0 Å². The van der Waals surface area contributed by atoms with Gasteiger partial charge in [-0.2, -0.15) is 23.0 Å². The van der Waals surface area contributed by atoms with Gasteiger partial charge in [0, 0.05) is 18.9 Å². The molecule has 0 spiro atoms. The van der Waals surface area contributed by atoms with E-state index in [9.17, 15) is 27.6 Å². The van der Waals surface area contributed by atoms with Crippen molar-refractivity contribution >= 4 is 5.91 Å². The van der Waals surface area contributed by atoms with Crippen LogP contribution in [0, 0.1) is 0 Å². The minimum Gasteiger partial charge on any atom is -0.346 e. The molecule has 178 valence electrons. The predicted octanol–water partition coefficient (Wildman–Crippen LogP) is 2.79. The Morgan fingerprint density at radius 2 is 1.69 bits per heavy atom. The molecule has 0 saturated heterocycles. The van der Waals surface area contributed by atoms with Crippen molar-refractivity contribution in [3.05, 3.63) is 122 Å². The third-order valence-electron chi connectivity index (χ3n) is 5.05. The summed E-state index contributed by atoms with van der Waals surface area (Å²) in [5.74, 6) is -0.846. The van der Waals surface area contributed by atoms with Gasteiger partial charge in [0.1, 0.15) is 0 Å². The summed E-state index contributed by atoms with van der Waals surface area (Å²) in [5.41, 5.74) is -2.42. The number of benzene rings is 2. The number of nitrogens with one attached hydrogen (secondary N) is 1. The minimum atomic E-state index is -4.60. The zero-order chi connectivity index (χ0) is 25.0. The van der Waals surface area contributed by atoms with E-state index in [4.69, 9.17) is 0 Å². The quantitative estimate of drug-likeness (QED) is 0.457. The molecule has 1 N–H and O–H groups in total. The zero-order valence-electron chi connectivity index (χ0n) is 18.1. The Morgan fingerprint density at radius 1 is 0.943 bits per heavy atom. The summed E-state index contributed by atoms with van der Waals surface area (Å²) in [6.07, 6.45) is -1.50. The number of nitrogens with zero attached hydrogens (tertiary/aromatic N) is 4. The summed E-state index contributed by atoms with van der Waals surface area (Å²) in [6, 6.07) is 15.7. The van der Waals surface area contributed by atoms with Crippen LogP contribution in [0.15, 0.2) is 88.7 Å². The van der Waals surface area contributed by atoms with Gasteiger partial charge in [0.2, 0.25) is 5.69 Å². The molecule has 4 aromatic rings. The van der Waals surface area contributed by atoms with Crippen LogP contribution in [0.2, 0.25) is 0 Å². The molecule has 0 unspecified atom stereocenters. The summed E-state index contributed by atoms with van der Waals surface area (Å²) in [4.78, 5) is 43.0. The summed E-state index contributed by atoms with van der Waals surface area (Å²) in [7, 11) is 0. The molecule has 0 aliphatic carbocycles. The van der Waals surface area contributed by atoms with Gasteiger partial charge in [-0.3, -0.25) is 19.1 Å². The Kier molecular flexibility index (Phi) is 6.58. The summed E-state index contributed by atoms with van der Waals surface area (Å²) in [6.45, 7) is -0.439. The number of hydrogen-bond donors (Lipinski definition) is 1. The molecule has 2 heterocycles. The first-order chi connectivity index (χ1) is 16.7. The third-order valence-corrected chi connectivity index (χ3v) is 5.05. The van der Waals surface area contributed by atoms with E-state index in [-0.39, 0.29) is 17.8 Å². The Balaban J connectivity index is 1.77. The van der Waals surface area contributed by atoms with E-state index in [0.717, 1.165) is 16.8 Å². The van der Waals surface area contributed by atoms with E-state index >= 15 is 0 Å². The summed E-state index contributed by atoms with van der Waals surface area (Å²) in [5, 5.41) is 6.53. The SMILES string of the molecule is O=C(NCc1cccnc1)c1nn(-c2ccccc2)c(=O)n(Cc2cccc(C(F)(F)F)c2)c1=O. The maximum Gasteiger partial charge on any atom is 0.416 e. The zero-order valence-corrected chi connectivity index (χ0v) is 18.1. The van der Waals surface area contributed by atoms with Crippen molar-refractivity contribution in [1.29, 1.82) is 0 Å². The van der Waals surface area contributed by atoms with Crippen molar-refractivity contribution in [2.45, 2.75) is 19.3 Å². The number of carbonyl (C=O) groups excluding carboxylic acids is 1. The lowest BCUT2D eigenvalue weighted by molar-refractivity contribution is -0.137. The standard InChI is InChI=1S/C24H18F3N5O3/c25-24(26,27)18-8-4-6-16(12-18)15-31-22(34)20(21(33)29-14-17-7-5-11-28-13-17)30-32(23(31)35)19-9-2-1-3-10-19/h1-13H,14-15H2,(H,29,33). The van der Waals surface area contributed by atoms with Crippen LogP contribution >= 0.6 is 0 Å². The van der Waals surface area contributed by atoms with E-state index in [2.05, 4.69) is 15.4 Å². The molecule has 0 bridgehead atoms. The van der Waals surface area contributed by atoms with Crippen molar-refractivity contribution in [3.63, 3.8) is 0 Å². The fourth-order valence-corrected chi connectivity index (χ4v) is 3.33. The largest absolute Gasteiger partial charge is 0.416 e. The first-order valence-corrected chi connectivity index (χ1v) is 10.4. The van der Waals surface area contributed by atoms with Crippen LogP contribution in [0.25, 0.3) is 5.69 Å². The van der Waals surface area contributed by atoms with Crippen molar-refractivity contribution in [2.24, 2.45) is 0 Å². The molecule has 0 saturated carbocycles. The first kappa shape index (κ1) is 23.6. The van der Waals surface area contributed by atoms with E-state index in [1.165, 1.54) is 18.3 Å². The molecular weight excluding hydrogens is 463 g/mol. The second-order valence-corrected chi connectivity index (χ2v) is 7.51. The number of alkyl halides is 3. The van der Waals surface area contributed by atoms with Crippen molar-refractivity contribution in [3.8, 4) is 5.69 Å². The molecule has 2 aromatic carbocycles. The van der Waals surface area contributed by atoms with Gasteiger partial charge < -0.3 is 5.32 Å². The van der Waals surface area contributed by atoms with Gasteiger partial charge in [0.15, 0.2) is 0 Å². The lowest BCUT2D eigenvalue weighted by Crippen LogP contribution is -2.46. The third kappa shape index (κ3) is 5.35. The fraction of sp³-hybridized carbons (Fsp3) is 0.125.